The van der Waals surface area contributed by atoms with Crippen molar-refractivity contribution in [1.29, 1.82) is 0 Å². The van der Waals surface area contributed by atoms with Crippen molar-refractivity contribution in [1.82, 2.24) is 0 Å². The highest BCUT2D eigenvalue weighted by atomic mass is 27.1. The van der Waals surface area contributed by atoms with E-state index in [2.05, 4.69) is 88.3 Å². The highest BCUT2D eigenvalue weighted by Crippen LogP contribution is 2.39. The van der Waals surface area contributed by atoms with Gasteiger partial charge in [0.1, 0.15) is 5.75 Å². The summed E-state index contributed by atoms with van der Waals surface area (Å²) in [6, 6.07) is 4.18. The molecule has 0 saturated carbocycles. The van der Waals surface area contributed by atoms with Gasteiger partial charge in [-0.15, -0.1) is 10.6 Å². The van der Waals surface area contributed by atoms with Crippen molar-refractivity contribution in [2.45, 2.75) is 97.6 Å². The second-order valence-corrected chi connectivity index (χ2v) is 11.8. The second kappa shape index (κ2) is 10.0. The highest BCUT2D eigenvalue weighted by Gasteiger charge is 2.25. The lowest BCUT2D eigenvalue weighted by molar-refractivity contribution is 0.423. The van der Waals surface area contributed by atoms with E-state index in [0.29, 0.717) is 5.75 Å². The molecule has 0 spiro atoms. The minimum atomic E-state index is -0.0178. The SMILES string of the molecule is CC(C)[CH2][Al][CH2]C(C)C.Cc1cc(C(C)(C)C)c(O)c(C(C)(C)C)c1. The zero-order valence-electron chi connectivity index (χ0n) is 18.7. The van der Waals surface area contributed by atoms with E-state index in [1.807, 2.05) is 0 Å². The van der Waals surface area contributed by atoms with Gasteiger partial charge in [0, 0.05) is 0 Å². The zero-order chi connectivity index (χ0) is 20.0. The summed E-state index contributed by atoms with van der Waals surface area (Å²) in [6.45, 7) is 24.1. The molecule has 1 aromatic rings. The Morgan fingerprint density at radius 3 is 1.36 bits per heavy atom. The topological polar surface area (TPSA) is 20.2 Å². The molecule has 0 aliphatic rings. The Hall–Kier alpha value is -0.448. The Labute approximate surface area is 164 Å². The van der Waals surface area contributed by atoms with Crippen LogP contribution in [0, 0.1) is 18.8 Å². The number of hydrogen-bond donors (Lipinski definition) is 1. The summed E-state index contributed by atoms with van der Waals surface area (Å²) in [5, 5.41) is 13.4. The molecule has 25 heavy (non-hydrogen) atoms. The van der Waals surface area contributed by atoms with Crippen molar-refractivity contribution in [2.24, 2.45) is 11.8 Å². The van der Waals surface area contributed by atoms with Crippen LogP contribution in [-0.2, 0) is 10.8 Å². The normalized spacial score (nSPS) is 12.2. The van der Waals surface area contributed by atoms with Crippen molar-refractivity contribution in [3.8, 4) is 5.75 Å². The lowest BCUT2D eigenvalue weighted by Crippen LogP contribution is -2.17. The second-order valence-electron chi connectivity index (χ2n) is 10.3. The molecular weight excluding hydrogens is 319 g/mol. The molecule has 0 aliphatic carbocycles. The van der Waals surface area contributed by atoms with Gasteiger partial charge in [-0.25, -0.2) is 0 Å². The Kier molecular flexibility index (Phi) is 9.85. The molecule has 0 bridgehead atoms. The molecule has 0 unspecified atom stereocenters. The van der Waals surface area contributed by atoms with Gasteiger partial charge in [0.15, 0.2) is 0 Å². The van der Waals surface area contributed by atoms with E-state index in [1.54, 1.807) is 0 Å². The van der Waals surface area contributed by atoms with Gasteiger partial charge in [0.2, 0.25) is 15.2 Å². The van der Waals surface area contributed by atoms with Crippen molar-refractivity contribution in [3.63, 3.8) is 0 Å². The molecule has 0 heterocycles. The maximum absolute atomic E-state index is 10.4. The predicted molar refractivity (Wildman–Crippen MR) is 115 cm³/mol. The van der Waals surface area contributed by atoms with E-state index in [9.17, 15) is 5.11 Å². The summed E-state index contributed by atoms with van der Waals surface area (Å²) in [5.74, 6) is 2.32. The zero-order valence-corrected chi connectivity index (χ0v) is 19.9. The molecule has 2 heteroatoms. The number of aromatic hydroxyl groups is 1. The Morgan fingerprint density at radius 2 is 1.12 bits per heavy atom. The van der Waals surface area contributed by atoms with Crippen LogP contribution in [0.4, 0.5) is 0 Å². The Balaban J connectivity index is 0.000000547. The van der Waals surface area contributed by atoms with E-state index < -0.39 is 0 Å². The molecule has 1 radical (unpaired) electrons. The fourth-order valence-electron chi connectivity index (χ4n) is 2.69. The van der Waals surface area contributed by atoms with Crippen LogP contribution in [0.25, 0.3) is 0 Å². The third kappa shape index (κ3) is 9.72. The molecular formula is C23H42AlO. The Morgan fingerprint density at radius 1 is 0.800 bits per heavy atom. The molecule has 0 amide bonds. The smallest absolute Gasteiger partial charge is 0.200 e. The van der Waals surface area contributed by atoms with Crippen LogP contribution in [0.15, 0.2) is 12.1 Å². The molecule has 1 nitrogen and oxygen atoms in total. The van der Waals surface area contributed by atoms with Gasteiger partial charge in [-0.1, -0.05) is 98.8 Å². The number of phenolic OH excluding ortho intramolecular Hbond substituents is 1. The number of benzene rings is 1. The molecule has 0 saturated heterocycles. The average Bonchev–Trinajstić information content (AvgIpc) is 2.38. The van der Waals surface area contributed by atoms with Gasteiger partial charge in [-0.05, 0) is 28.9 Å². The number of hydrogen-bond acceptors (Lipinski definition) is 1. The molecule has 0 aromatic heterocycles. The van der Waals surface area contributed by atoms with Gasteiger partial charge in [-0.3, -0.25) is 0 Å². The lowest BCUT2D eigenvalue weighted by Gasteiger charge is -2.27. The minimum absolute atomic E-state index is 0.0178. The maximum atomic E-state index is 10.4. The van der Waals surface area contributed by atoms with Crippen LogP contribution in [0.2, 0.25) is 10.6 Å². The molecule has 0 fully saturated rings. The highest BCUT2D eigenvalue weighted by molar-refractivity contribution is 6.35. The van der Waals surface area contributed by atoms with Gasteiger partial charge >= 0.3 is 0 Å². The number of phenols is 1. The summed E-state index contributed by atoms with van der Waals surface area (Å²) in [4.78, 5) is 0. The van der Waals surface area contributed by atoms with Crippen LogP contribution in [0.3, 0.4) is 0 Å². The molecule has 0 aliphatic heterocycles. The average molecular weight is 362 g/mol. The third-order valence-electron chi connectivity index (χ3n) is 4.15. The first-order valence-corrected chi connectivity index (χ1v) is 11.5. The molecule has 0 atom stereocenters. The number of rotatable bonds is 4. The van der Waals surface area contributed by atoms with Gasteiger partial charge in [-0.2, -0.15) is 0 Å². The summed E-state index contributed by atoms with van der Waals surface area (Å²) in [5.41, 5.74) is 3.26. The summed E-state index contributed by atoms with van der Waals surface area (Å²) >= 11 is 0.755. The first kappa shape index (κ1) is 24.6. The van der Waals surface area contributed by atoms with Crippen LogP contribution >= 0.6 is 0 Å². The standard InChI is InChI=1S/C15H24O.2C4H9.Al/c1-10-8-11(14(2,3)4)13(16)12(9-10)15(5,6)7;2*1-4(2)3;/h8-9,16H,1-7H3;2*4H,1H2,2-3H3;. The van der Waals surface area contributed by atoms with Gasteiger partial charge < -0.3 is 5.11 Å². The van der Waals surface area contributed by atoms with Gasteiger partial charge in [0.05, 0.1) is 0 Å². The van der Waals surface area contributed by atoms with Crippen LogP contribution in [-0.4, -0.2) is 20.3 Å². The summed E-state index contributed by atoms with van der Waals surface area (Å²) < 4.78 is 0. The van der Waals surface area contributed by atoms with E-state index in [-0.39, 0.29) is 10.8 Å². The van der Waals surface area contributed by atoms with E-state index in [0.717, 1.165) is 38.2 Å². The first-order chi connectivity index (χ1) is 11.2. The first-order valence-electron chi connectivity index (χ1n) is 9.82. The van der Waals surface area contributed by atoms with Crippen LogP contribution in [0.5, 0.6) is 5.75 Å². The Bertz CT molecular complexity index is 473. The predicted octanol–water partition coefficient (Wildman–Crippen LogP) is 7.13. The monoisotopic (exact) mass is 361 g/mol. The largest absolute Gasteiger partial charge is 0.507 e. The van der Waals surface area contributed by atoms with Crippen molar-refractivity contribution < 1.29 is 5.11 Å². The summed E-state index contributed by atoms with van der Waals surface area (Å²) in [7, 11) is 0. The summed E-state index contributed by atoms with van der Waals surface area (Å²) in [6.07, 6.45) is 0. The molecule has 143 valence electrons. The van der Waals surface area contributed by atoms with Crippen LogP contribution < -0.4 is 0 Å². The molecule has 1 rings (SSSR count). The van der Waals surface area contributed by atoms with E-state index in [4.69, 9.17) is 0 Å². The fourth-order valence-corrected chi connectivity index (χ4v) is 4.21. The van der Waals surface area contributed by atoms with Crippen LogP contribution in [0.1, 0.15) is 85.9 Å². The van der Waals surface area contributed by atoms with E-state index >= 15 is 0 Å². The minimum Gasteiger partial charge on any atom is -0.507 e. The van der Waals surface area contributed by atoms with Crippen molar-refractivity contribution >= 4 is 15.2 Å². The third-order valence-corrected chi connectivity index (χ3v) is 6.70. The number of aryl methyl sites for hydroxylation is 1. The molecule has 1 aromatic carbocycles. The lowest BCUT2D eigenvalue weighted by atomic mass is 9.78. The van der Waals surface area contributed by atoms with Gasteiger partial charge in [0.25, 0.3) is 0 Å². The van der Waals surface area contributed by atoms with Crippen molar-refractivity contribution in [3.05, 3.63) is 28.8 Å². The quantitative estimate of drug-likeness (QED) is 0.565. The fraction of sp³-hybridized carbons (Fsp3) is 0.739. The maximum Gasteiger partial charge on any atom is 0.200 e. The van der Waals surface area contributed by atoms with E-state index in [1.165, 1.54) is 16.1 Å². The van der Waals surface area contributed by atoms with Crippen molar-refractivity contribution in [2.75, 3.05) is 0 Å². The molecule has 1 N–H and O–H groups in total.